The molecule has 2 amide bonds. The van der Waals surface area contributed by atoms with Crippen LogP contribution in [0, 0.1) is 5.92 Å². The van der Waals surface area contributed by atoms with Crippen molar-refractivity contribution in [2.45, 2.75) is 71.8 Å². The highest BCUT2D eigenvalue weighted by atomic mass is 16.6. The molecule has 0 saturated heterocycles. The number of carbonyl (C=O) groups is 4. The molecule has 9 nitrogen and oxygen atoms in total. The van der Waals surface area contributed by atoms with Crippen LogP contribution in [0.5, 0.6) is 0 Å². The normalized spacial score (nSPS) is 13.0. The minimum Gasteiger partial charge on any atom is -0.467 e. The summed E-state index contributed by atoms with van der Waals surface area (Å²) in [4.78, 5) is 49.5. The minimum absolute atomic E-state index is 0.0264. The first kappa shape index (κ1) is 26.9. The molecule has 0 aliphatic heterocycles. The van der Waals surface area contributed by atoms with Crippen molar-refractivity contribution < 1.29 is 33.4 Å². The van der Waals surface area contributed by atoms with E-state index in [0.29, 0.717) is 6.42 Å². The molecule has 0 unspecified atom stereocenters. The Morgan fingerprint density at radius 1 is 0.969 bits per heavy atom. The van der Waals surface area contributed by atoms with Crippen LogP contribution in [0.15, 0.2) is 30.3 Å². The molecular weight excluding hydrogens is 416 g/mol. The number of hydrogen-bond donors (Lipinski definition) is 2. The molecule has 2 atom stereocenters. The fraction of sp³-hybridized carbons (Fsp3) is 0.565. The standard InChI is InChI=1S/C23H34N2O7/c1-15(2)12-18(21(28)30-6)24-20(27)17(25-22(29)32-23(3,4)5)13-19(26)31-14-16-10-8-7-9-11-16/h7-11,15,17-18H,12-14H2,1-6H3,(H,24,27)(H,25,29)/t17-,18+/m1/s1. The Morgan fingerprint density at radius 2 is 1.59 bits per heavy atom. The molecule has 1 aromatic carbocycles. The number of rotatable bonds is 10. The third kappa shape index (κ3) is 10.8. The Hall–Kier alpha value is -3.10. The first-order valence-corrected chi connectivity index (χ1v) is 10.5. The largest absolute Gasteiger partial charge is 0.467 e. The van der Waals surface area contributed by atoms with Crippen molar-refractivity contribution in [1.29, 1.82) is 0 Å². The lowest BCUT2D eigenvalue weighted by molar-refractivity contribution is -0.148. The van der Waals surface area contributed by atoms with Crippen molar-refractivity contribution in [3.63, 3.8) is 0 Å². The van der Waals surface area contributed by atoms with E-state index >= 15 is 0 Å². The van der Waals surface area contributed by atoms with Gasteiger partial charge in [-0.2, -0.15) is 0 Å². The van der Waals surface area contributed by atoms with E-state index in [-0.39, 0.29) is 12.5 Å². The summed E-state index contributed by atoms with van der Waals surface area (Å²) in [6, 6.07) is 6.83. The van der Waals surface area contributed by atoms with Crippen LogP contribution in [-0.2, 0) is 35.2 Å². The smallest absolute Gasteiger partial charge is 0.408 e. The molecule has 9 heteroatoms. The van der Waals surface area contributed by atoms with Gasteiger partial charge in [0.25, 0.3) is 0 Å². The first-order chi connectivity index (χ1) is 14.9. The second kappa shape index (κ2) is 12.7. The average molecular weight is 451 g/mol. The van der Waals surface area contributed by atoms with Crippen molar-refractivity contribution in [1.82, 2.24) is 10.6 Å². The summed E-state index contributed by atoms with van der Waals surface area (Å²) < 4.78 is 15.2. The summed E-state index contributed by atoms with van der Waals surface area (Å²) in [5.41, 5.74) is -0.0184. The summed E-state index contributed by atoms with van der Waals surface area (Å²) in [6.07, 6.45) is -0.976. The fourth-order valence-electron chi connectivity index (χ4n) is 2.72. The van der Waals surface area contributed by atoms with Gasteiger partial charge < -0.3 is 24.8 Å². The lowest BCUT2D eigenvalue weighted by Crippen LogP contribution is -2.53. The quantitative estimate of drug-likeness (QED) is 0.415. The van der Waals surface area contributed by atoms with Gasteiger partial charge in [0.05, 0.1) is 13.5 Å². The monoisotopic (exact) mass is 450 g/mol. The van der Waals surface area contributed by atoms with Gasteiger partial charge in [-0.25, -0.2) is 9.59 Å². The van der Waals surface area contributed by atoms with E-state index in [0.717, 1.165) is 5.56 Å². The summed E-state index contributed by atoms with van der Waals surface area (Å²) in [5, 5.41) is 4.95. The Morgan fingerprint density at radius 3 is 2.12 bits per heavy atom. The van der Waals surface area contributed by atoms with Crippen molar-refractivity contribution in [2.75, 3.05) is 7.11 Å². The van der Waals surface area contributed by atoms with Crippen LogP contribution in [0.1, 0.15) is 53.0 Å². The molecule has 178 valence electrons. The lowest BCUT2D eigenvalue weighted by Gasteiger charge is -2.25. The molecule has 32 heavy (non-hydrogen) atoms. The lowest BCUT2D eigenvalue weighted by atomic mass is 10.0. The topological polar surface area (TPSA) is 120 Å². The van der Waals surface area contributed by atoms with Crippen molar-refractivity contribution in [3.05, 3.63) is 35.9 Å². The zero-order valence-electron chi connectivity index (χ0n) is 19.6. The molecule has 1 rings (SSSR count). The van der Waals surface area contributed by atoms with Crippen LogP contribution in [-0.4, -0.2) is 48.7 Å². The maximum absolute atomic E-state index is 12.9. The van der Waals surface area contributed by atoms with Gasteiger partial charge in [0.15, 0.2) is 0 Å². The average Bonchev–Trinajstić information content (AvgIpc) is 2.69. The Kier molecular flexibility index (Phi) is 10.7. The number of alkyl carbamates (subject to hydrolysis) is 1. The van der Waals surface area contributed by atoms with Crippen LogP contribution in [0.4, 0.5) is 4.79 Å². The van der Waals surface area contributed by atoms with Gasteiger partial charge in [-0.05, 0) is 38.7 Å². The zero-order valence-corrected chi connectivity index (χ0v) is 19.6. The fourth-order valence-corrected chi connectivity index (χ4v) is 2.72. The van der Waals surface area contributed by atoms with E-state index in [4.69, 9.17) is 14.2 Å². The van der Waals surface area contributed by atoms with Crippen LogP contribution in [0.2, 0.25) is 0 Å². The molecule has 0 fully saturated rings. The molecule has 0 aliphatic carbocycles. The van der Waals surface area contributed by atoms with E-state index in [1.54, 1.807) is 32.9 Å². The highest BCUT2D eigenvalue weighted by Crippen LogP contribution is 2.10. The van der Waals surface area contributed by atoms with Gasteiger partial charge in [0.1, 0.15) is 24.3 Å². The van der Waals surface area contributed by atoms with Gasteiger partial charge in [-0.3, -0.25) is 9.59 Å². The Balaban J connectivity index is 2.89. The second-order valence-electron chi connectivity index (χ2n) is 8.76. The number of benzene rings is 1. The van der Waals surface area contributed by atoms with Gasteiger partial charge >= 0.3 is 18.0 Å². The highest BCUT2D eigenvalue weighted by Gasteiger charge is 2.31. The number of nitrogens with one attached hydrogen (secondary N) is 2. The summed E-state index contributed by atoms with van der Waals surface area (Å²) in [5.74, 6) is -1.94. The Labute approximate surface area is 189 Å². The molecular formula is C23H34N2O7. The molecule has 0 spiro atoms. The van der Waals surface area contributed by atoms with Gasteiger partial charge in [0.2, 0.25) is 5.91 Å². The summed E-state index contributed by atoms with van der Waals surface area (Å²) in [6.45, 7) is 8.82. The Bertz CT molecular complexity index is 772. The molecule has 1 aromatic rings. The maximum atomic E-state index is 12.9. The molecule has 0 radical (unpaired) electrons. The number of carbonyl (C=O) groups excluding carboxylic acids is 4. The third-order valence-corrected chi connectivity index (χ3v) is 4.13. The van der Waals surface area contributed by atoms with Crippen molar-refractivity contribution >= 4 is 23.9 Å². The van der Waals surface area contributed by atoms with E-state index in [9.17, 15) is 19.2 Å². The predicted molar refractivity (Wildman–Crippen MR) is 117 cm³/mol. The number of methoxy groups -OCH3 is 1. The molecule has 0 aliphatic rings. The number of amides is 2. The van der Waals surface area contributed by atoms with Crippen LogP contribution in [0.3, 0.4) is 0 Å². The number of ether oxygens (including phenoxy) is 3. The molecule has 0 aromatic heterocycles. The van der Waals surface area contributed by atoms with E-state index in [1.165, 1.54) is 7.11 Å². The van der Waals surface area contributed by atoms with Crippen LogP contribution >= 0.6 is 0 Å². The van der Waals surface area contributed by atoms with Crippen LogP contribution < -0.4 is 10.6 Å². The predicted octanol–water partition coefficient (Wildman–Crippen LogP) is 2.72. The molecule has 0 bridgehead atoms. The van der Waals surface area contributed by atoms with E-state index in [1.807, 2.05) is 32.0 Å². The second-order valence-corrected chi connectivity index (χ2v) is 8.76. The number of hydrogen-bond acceptors (Lipinski definition) is 7. The SMILES string of the molecule is COC(=O)[C@H](CC(C)C)NC(=O)[C@@H](CC(=O)OCc1ccccc1)NC(=O)OC(C)(C)C. The van der Waals surface area contributed by atoms with Crippen molar-refractivity contribution in [2.24, 2.45) is 5.92 Å². The molecule has 0 heterocycles. The first-order valence-electron chi connectivity index (χ1n) is 10.5. The minimum atomic E-state index is -1.30. The van der Waals surface area contributed by atoms with E-state index in [2.05, 4.69) is 10.6 Å². The third-order valence-electron chi connectivity index (χ3n) is 4.13. The van der Waals surface area contributed by atoms with Gasteiger partial charge in [-0.15, -0.1) is 0 Å². The molecule has 0 saturated carbocycles. The maximum Gasteiger partial charge on any atom is 0.408 e. The van der Waals surface area contributed by atoms with Crippen molar-refractivity contribution in [3.8, 4) is 0 Å². The summed E-state index contributed by atoms with van der Waals surface area (Å²) in [7, 11) is 1.22. The highest BCUT2D eigenvalue weighted by molar-refractivity contribution is 5.92. The van der Waals surface area contributed by atoms with Gasteiger partial charge in [0, 0.05) is 0 Å². The van der Waals surface area contributed by atoms with E-state index < -0.39 is 48.0 Å². The summed E-state index contributed by atoms with van der Waals surface area (Å²) >= 11 is 0. The zero-order chi connectivity index (χ0) is 24.3. The number of esters is 2. The van der Waals surface area contributed by atoms with Gasteiger partial charge in [-0.1, -0.05) is 44.2 Å². The molecule has 2 N–H and O–H groups in total. The van der Waals surface area contributed by atoms with Crippen LogP contribution in [0.25, 0.3) is 0 Å².